The summed E-state index contributed by atoms with van der Waals surface area (Å²) >= 11 is 2.11. The minimum absolute atomic E-state index is 0.339. The SMILES string of the molecule is CCC1CN(C(CN)c2cccc3ccccc23)CCS1. The van der Waals surface area contributed by atoms with Gasteiger partial charge in [0.15, 0.2) is 0 Å². The van der Waals surface area contributed by atoms with Crippen molar-refractivity contribution >= 4 is 22.5 Å². The van der Waals surface area contributed by atoms with Crippen molar-refractivity contribution in [2.75, 3.05) is 25.4 Å². The van der Waals surface area contributed by atoms with Gasteiger partial charge in [0, 0.05) is 36.7 Å². The summed E-state index contributed by atoms with van der Waals surface area (Å²) in [5.41, 5.74) is 7.55. The lowest BCUT2D eigenvalue weighted by Crippen LogP contribution is -2.42. The minimum atomic E-state index is 0.339. The third kappa shape index (κ3) is 3.10. The first kappa shape index (κ1) is 14.9. The Bertz CT molecular complexity index is 593. The monoisotopic (exact) mass is 300 g/mol. The van der Waals surface area contributed by atoms with Gasteiger partial charge in [-0.1, -0.05) is 49.4 Å². The van der Waals surface area contributed by atoms with Crippen molar-refractivity contribution in [1.29, 1.82) is 0 Å². The predicted molar refractivity (Wildman–Crippen MR) is 93.9 cm³/mol. The molecule has 3 rings (SSSR count). The van der Waals surface area contributed by atoms with E-state index in [4.69, 9.17) is 5.73 Å². The summed E-state index contributed by atoms with van der Waals surface area (Å²) < 4.78 is 0. The van der Waals surface area contributed by atoms with Crippen molar-refractivity contribution in [2.45, 2.75) is 24.6 Å². The van der Waals surface area contributed by atoms with Gasteiger partial charge < -0.3 is 5.73 Å². The van der Waals surface area contributed by atoms with Crippen LogP contribution in [-0.4, -0.2) is 35.5 Å². The smallest absolute Gasteiger partial charge is 0.0477 e. The standard InChI is InChI=1S/C18H24N2S/c1-2-15-13-20(10-11-21-15)18(12-19)17-9-5-7-14-6-3-4-8-16(14)17/h3-9,15,18H,2,10-13,19H2,1H3. The third-order valence-corrected chi connectivity index (χ3v) is 5.84. The Morgan fingerprint density at radius 2 is 2.05 bits per heavy atom. The van der Waals surface area contributed by atoms with Gasteiger partial charge in [-0.15, -0.1) is 0 Å². The number of hydrogen-bond donors (Lipinski definition) is 1. The van der Waals surface area contributed by atoms with Crippen molar-refractivity contribution in [3.05, 3.63) is 48.0 Å². The van der Waals surface area contributed by atoms with Crippen LogP contribution in [0.5, 0.6) is 0 Å². The summed E-state index contributed by atoms with van der Waals surface area (Å²) in [6, 6.07) is 15.6. The number of benzene rings is 2. The van der Waals surface area contributed by atoms with Crippen LogP contribution in [0.25, 0.3) is 10.8 Å². The number of nitrogens with two attached hydrogens (primary N) is 1. The first-order valence-corrected chi connectivity index (χ1v) is 8.91. The number of hydrogen-bond acceptors (Lipinski definition) is 3. The molecule has 2 nitrogen and oxygen atoms in total. The van der Waals surface area contributed by atoms with E-state index in [2.05, 4.69) is 66.1 Å². The molecule has 0 aliphatic carbocycles. The van der Waals surface area contributed by atoms with E-state index >= 15 is 0 Å². The zero-order valence-corrected chi connectivity index (χ0v) is 13.5. The first-order valence-electron chi connectivity index (χ1n) is 7.87. The molecule has 1 fully saturated rings. The highest BCUT2D eigenvalue weighted by atomic mass is 32.2. The van der Waals surface area contributed by atoms with Crippen LogP contribution in [0.4, 0.5) is 0 Å². The van der Waals surface area contributed by atoms with Gasteiger partial charge in [-0.3, -0.25) is 4.90 Å². The molecule has 2 atom stereocenters. The van der Waals surface area contributed by atoms with Crippen molar-refractivity contribution < 1.29 is 0 Å². The maximum Gasteiger partial charge on any atom is 0.0477 e. The van der Waals surface area contributed by atoms with Crippen molar-refractivity contribution in [3.8, 4) is 0 Å². The van der Waals surface area contributed by atoms with Gasteiger partial charge >= 0.3 is 0 Å². The van der Waals surface area contributed by atoms with Crippen LogP contribution in [0, 0.1) is 0 Å². The maximum absolute atomic E-state index is 6.17. The van der Waals surface area contributed by atoms with Gasteiger partial charge in [-0.25, -0.2) is 0 Å². The molecule has 2 unspecified atom stereocenters. The lowest BCUT2D eigenvalue weighted by Gasteiger charge is -2.38. The molecule has 1 aliphatic heterocycles. The minimum Gasteiger partial charge on any atom is -0.329 e. The molecule has 2 aromatic rings. The van der Waals surface area contributed by atoms with Gasteiger partial charge in [0.25, 0.3) is 0 Å². The Morgan fingerprint density at radius 1 is 1.24 bits per heavy atom. The predicted octanol–water partition coefficient (Wildman–Crippen LogP) is 3.67. The Labute approximate surface area is 131 Å². The maximum atomic E-state index is 6.17. The van der Waals surface area contributed by atoms with Gasteiger partial charge in [0.05, 0.1) is 0 Å². The van der Waals surface area contributed by atoms with Gasteiger partial charge in [0.1, 0.15) is 0 Å². The summed E-state index contributed by atoms with van der Waals surface area (Å²) in [4.78, 5) is 2.59. The van der Waals surface area contributed by atoms with Crippen LogP contribution >= 0.6 is 11.8 Å². The number of fused-ring (bicyclic) bond motifs is 1. The van der Waals surface area contributed by atoms with E-state index in [9.17, 15) is 0 Å². The first-order chi connectivity index (χ1) is 10.3. The van der Waals surface area contributed by atoms with Crippen LogP contribution in [-0.2, 0) is 0 Å². The lowest BCUT2D eigenvalue weighted by atomic mass is 9.97. The summed E-state index contributed by atoms with van der Waals surface area (Å²) in [6.45, 7) is 5.28. The molecule has 0 saturated carbocycles. The molecular formula is C18H24N2S. The van der Waals surface area contributed by atoms with Gasteiger partial charge in [0.2, 0.25) is 0 Å². The third-order valence-electron chi connectivity index (χ3n) is 4.47. The Kier molecular flexibility index (Phi) is 4.84. The summed E-state index contributed by atoms with van der Waals surface area (Å²) in [7, 11) is 0. The molecule has 2 aromatic carbocycles. The molecule has 3 heteroatoms. The van der Waals surface area contributed by atoms with Crippen molar-refractivity contribution in [3.63, 3.8) is 0 Å². The van der Waals surface area contributed by atoms with Gasteiger partial charge in [-0.2, -0.15) is 11.8 Å². The van der Waals surface area contributed by atoms with Crippen LogP contribution < -0.4 is 5.73 Å². The molecule has 1 aliphatic rings. The second-order valence-electron chi connectivity index (χ2n) is 5.72. The normalized spacial score (nSPS) is 21.5. The van der Waals surface area contributed by atoms with Crippen LogP contribution in [0.15, 0.2) is 42.5 Å². The average Bonchev–Trinajstić information content (AvgIpc) is 2.56. The fraction of sp³-hybridized carbons (Fsp3) is 0.444. The van der Waals surface area contributed by atoms with E-state index in [1.807, 2.05) is 0 Å². The Hall–Kier alpha value is -1.03. The molecule has 0 bridgehead atoms. The molecular weight excluding hydrogens is 276 g/mol. The average molecular weight is 300 g/mol. The van der Waals surface area contributed by atoms with Crippen LogP contribution in [0.3, 0.4) is 0 Å². The van der Waals surface area contributed by atoms with Crippen molar-refractivity contribution in [2.24, 2.45) is 5.73 Å². The summed E-state index contributed by atoms with van der Waals surface area (Å²) in [5.74, 6) is 1.22. The number of nitrogens with zero attached hydrogens (tertiary/aromatic N) is 1. The van der Waals surface area contributed by atoms with E-state index in [0.717, 1.165) is 18.3 Å². The van der Waals surface area contributed by atoms with E-state index in [1.165, 1.54) is 28.5 Å². The van der Waals surface area contributed by atoms with E-state index < -0.39 is 0 Å². The van der Waals surface area contributed by atoms with Crippen molar-refractivity contribution in [1.82, 2.24) is 4.90 Å². The van der Waals surface area contributed by atoms with Crippen LogP contribution in [0.1, 0.15) is 24.9 Å². The fourth-order valence-corrected chi connectivity index (χ4v) is 4.49. The molecule has 2 N–H and O–H groups in total. The van der Waals surface area contributed by atoms with E-state index in [1.54, 1.807) is 0 Å². The summed E-state index contributed by atoms with van der Waals surface area (Å²) in [5, 5.41) is 3.41. The molecule has 0 radical (unpaired) electrons. The highest BCUT2D eigenvalue weighted by Crippen LogP contribution is 2.31. The Balaban J connectivity index is 1.94. The molecule has 0 amide bonds. The lowest BCUT2D eigenvalue weighted by molar-refractivity contribution is 0.209. The highest BCUT2D eigenvalue weighted by molar-refractivity contribution is 8.00. The second kappa shape index (κ2) is 6.82. The summed E-state index contributed by atoms with van der Waals surface area (Å²) in [6.07, 6.45) is 1.24. The molecule has 112 valence electrons. The second-order valence-corrected chi connectivity index (χ2v) is 7.12. The molecule has 1 heterocycles. The van der Waals surface area contributed by atoms with E-state index in [0.29, 0.717) is 12.6 Å². The molecule has 0 aromatic heterocycles. The molecule has 1 saturated heterocycles. The Morgan fingerprint density at radius 3 is 2.86 bits per heavy atom. The van der Waals surface area contributed by atoms with Gasteiger partial charge in [-0.05, 0) is 22.8 Å². The largest absolute Gasteiger partial charge is 0.329 e. The molecule has 0 spiro atoms. The quantitative estimate of drug-likeness (QED) is 0.934. The molecule has 21 heavy (non-hydrogen) atoms. The number of rotatable bonds is 4. The fourth-order valence-electron chi connectivity index (χ4n) is 3.29. The number of thioether (sulfide) groups is 1. The topological polar surface area (TPSA) is 29.3 Å². The van der Waals surface area contributed by atoms with Crippen LogP contribution in [0.2, 0.25) is 0 Å². The zero-order chi connectivity index (χ0) is 14.7. The highest BCUT2D eigenvalue weighted by Gasteiger charge is 2.26. The van der Waals surface area contributed by atoms with E-state index in [-0.39, 0.29) is 0 Å². The zero-order valence-electron chi connectivity index (χ0n) is 12.7.